The zero-order valence-electron chi connectivity index (χ0n) is 57.0. The minimum absolute atomic E-state index is 0.0615. The van der Waals surface area contributed by atoms with Crippen molar-refractivity contribution in [2.24, 2.45) is 0 Å². The van der Waals surface area contributed by atoms with Crippen molar-refractivity contribution in [2.45, 2.75) is 463 Å². The third-order valence-electron chi connectivity index (χ3n) is 18.1. The summed E-state index contributed by atoms with van der Waals surface area (Å²) in [6.07, 6.45) is 87.9. The molecule has 0 aromatic rings. The number of ether oxygens (including phenoxy) is 3. The average molecular weight is 1170 g/mol. The van der Waals surface area contributed by atoms with Crippen LogP contribution < -0.4 is 0 Å². The molecule has 0 fully saturated rings. The van der Waals surface area contributed by atoms with Gasteiger partial charge in [0.1, 0.15) is 13.2 Å². The number of hydrogen-bond acceptors (Lipinski definition) is 6. The normalized spacial score (nSPS) is 11.9. The molecule has 494 valence electrons. The van der Waals surface area contributed by atoms with Crippen molar-refractivity contribution in [3.8, 4) is 0 Å². The number of hydrogen-bond donors (Lipinski definition) is 0. The van der Waals surface area contributed by atoms with Crippen LogP contribution in [0, 0.1) is 0 Å². The lowest BCUT2D eigenvalue weighted by atomic mass is 10.0. The average Bonchev–Trinajstić information content (AvgIpc) is 3.48. The molecule has 0 aliphatic carbocycles. The molecule has 0 amide bonds. The van der Waals surface area contributed by atoms with E-state index in [1.807, 2.05) is 0 Å². The van der Waals surface area contributed by atoms with Gasteiger partial charge in [0, 0.05) is 19.3 Å². The highest BCUT2D eigenvalue weighted by atomic mass is 16.6. The number of rotatable bonds is 73. The molecule has 0 rings (SSSR count). The van der Waals surface area contributed by atoms with Crippen LogP contribution in [0.3, 0.4) is 0 Å². The second-order valence-corrected chi connectivity index (χ2v) is 26.6. The van der Waals surface area contributed by atoms with E-state index >= 15 is 0 Å². The maximum absolute atomic E-state index is 12.9. The second kappa shape index (κ2) is 72.9. The Bertz CT molecular complexity index is 1250. The molecule has 0 aliphatic rings. The van der Waals surface area contributed by atoms with E-state index < -0.39 is 6.10 Å². The topological polar surface area (TPSA) is 78.9 Å². The van der Waals surface area contributed by atoms with Gasteiger partial charge in [-0.05, 0) is 19.3 Å². The van der Waals surface area contributed by atoms with Gasteiger partial charge in [0.15, 0.2) is 6.10 Å². The van der Waals surface area contributed by atoms with Crippen LogP contribution >= 0.6 is 0 Å². The SMILES string of the molecule is CCCCCCCCCCCCCCCCCCCCCCCCCCCCCCCCCC(=O)OCC(COC(=O)CCCCCCCC)OC(=O)CCCCCCCCCCCCCCCCCCCCCCCCCCCCCC. The van der Waals surface area contributed by atoms with Gasteiger partial charge < -0.3 is 14.2 Å². The fourth-order valence-electron chi connectivity index (χ4n) is 12.3. The van der Waals surface area contributed by atoms with Crippen LogP contribution in [0.2, 0.25) is 0 Å². The molecule has 0 aliphatic heterocycles. The monoisotopic (exact) mass is 1170 g/mol. The van der Waals surface area contributed by atoms with E-state index in [1.165, 1.54) is 360 Å². The maximum Gasteiger partial charge on any atom is 0.306 e. The molecule has 6 nitrogen and oxygen atoms in total. The Morgan fingerprint density at radius 2 is 0.325 bits per heavy atom. The smallest absolute Gasteiger partial charge is 0.306 e. The number of unbranched alkanes of at least 4 members (excludes halogenated alkanes) is 62. The molecule has 0 aromatic heterocycles. The Balaban J connectivity index is 3.89. The largest absolute Gasteiger partial charge is 0.462 e. The summed E-state index contributed by atoms with van der Waals surface area (Å²) in [5.41, 5.74) is 0. The van der Waals surface area contributed by atoms with E-state index in [4.69, 9.17) is 14.2 Å². The van der Waals surface area contributed by atoms with Crippen LogP contribution in [0.15, 0.2) is 0 Å². The summed E-state index contributed by atoms with van der Waals surface area (Å²) in [4.78, 5) is 38.2. The van der Waals surface area contributed by atoms with Crippen LogP contribution in [-0.4, -0.2) is 37.2 Å². The molecule has 0 saturated heterocycles. The third kappa shape index (κ3) is 71.1. The predicted octanol–water partition coefficient (Wildman–Crippen LogP) is 26.6. The third-order valence-corrected chi connectivity index (χ3v) is 18.1. The van der Waals surface area contributed by atoms with Crippen molar-refractivity contribution in [3.63, 3.8) is 0 Å². The zero-order chi connectivity index (χ0) is 59.9. The number of carbonyl (C=O) groups is 3. The highest BCUT2D eigenvalue weighted by Crippen LogP contribution is 2.20. The molecule has 0 radical (unpaired) electrons. The van der Waals surface area contributed by atoms with Crippen molar-refractivity contribution in [1.82, 2.24) is 0 Å². The zero-order valence-corrected chi connectivity index (χ0v) is 57.0. The molecule has 1 atom stereocenters. The van der Waals surface area contributed by atoms with Gasteiger partial charge in [-0.3, -0.25) is 14.4 Å². The minimum Gasteiger partial charge on any atom is -0.462 e. The Hall–Kier alpha value is -1.59. The lowest BCUT2D eigenvalue weighted by Gasteiger charge is -2.18. The molecule has 0 spiro atoms. The first-order chi connectivity index (χ1) is 41.0. The molecule has 0 bridgehead atoms. The minimum atomic E-state index is -0.762. The molecule has 0 aromatic carbocycles. The Labute approximate surface area is 520 Å². The van der Waals surface area contributed by atoms with Crippen LogP contribution in [0.5, 0.6) is 0 Å². The number of carbonyl (C=O) groups excluding carboxylic acids is 3. The fourth-order valence-corrected chi connectivity index (χ4v) is 12.3. The van der Waals surface area contributed by atoms with Gasteiger partial charge in [-0.25, -0.2) is 0 Å². The van der Waals surface area contributed by atoms with Gasteiger partial charge in [0.05, 0.1) is 0 Å². The van der Waals surface area contributed by atoms with E-state index in [2.05, 4.69) is 20.8 Å². The Morgan fingerprint density at radius 3 is 0.482 bits per heavy atom. The molecule has 6 heteroatoms. The molecule has 0 saturated carbocycles. The lowest BCUT2D eigenvalue weighted by Crippen LogP contribution is -2.30. The molecule has 1 unspecified atom stereocenters. The summed E-state index contributed by atoms with van der Waals surface area (Å²) >= 11 is 0. The van der Waals surface area contributed by atoms with Crippen molar-refractivity contribution >= 4 is 17.9 Å². The first-order valence-electron chi connectivity index (χ1n) is 38.5. The number of esters is 3. The maximum atomic E-state index is 12.9. The van der Waals surface area contributed by atoms with Crippen LogP contribution in [-0.2, 0) is 28.6 Å². The van der Waals surface area contributed by atoms with Crippen molar-refractivity contribution in [2.75, 3.05) is 13.2 Å². The van der Waals surface area contributed by atoms with Crippen LogP contribution in [0.1, 0.15) is 457 Å². The first-order valence-corrected chi connectivity index (χ1v) is 38.5. The van der Waals surface area contributed by atoms with E-state index in [0.717, 1.165) is 57.8 Å². The van der Waals surface area contributed by atoms with E-state index in [1.54, 1.807) is 0 Å². The predicted molar refractivity (Wildman–Crippen MR) is 363 cm³/mol. The van der Waals surface area contributed by atoms with Crippen molar-refractivity contribution in [1.29, 1.82) is 0 Å². The first kappa shape index (κ1) is 81.4. The molecular formula is C77H150O6. The summed E-state index contributed by atoms with van der Waals surface area (Å²) in [6, 6.07) is 0. The van der Waals surface area contributed by atoms with E-state index in [-0.39, 0.29) is 31.1 Å². The van der Waals surface area contributed by atoms with Gasteiger partial charge in [-0.15, -0.1) is 0 Å². The Kier molecular flexibility index (Phi) is 71.5. The molecular weight excluding hydrogens is 1020 g/mol. The van der Waals surface area contributed by atoms with Gasteiger partial charge >= 0.3 is 17.9 Å². The van der Waals surface area contributed by atoms with Crippen LogP contribution in [0.25, 0.3) is 0 Å². The van der Waals surface area contributed by atoms with Crippen molar-refractivity contribution in [3.05, 3.63) is 0 Å². The summed E-state index contributed by atoms with van der Waals surface area (Å²) in [6.45, 7) is 6.68. The van der Waals surface area contributed by atoms with Gasteiger partial charge in [0.2, 0.25) is 0 Å². The second-order valence-electron chi connectivity index (χ2n) is 26.6. The highest BCUT2D eigenvalue weighted by molar-refractivity contribution is 5.71. The molecule has 0 heterocycles. The van der Waals surface area contributed by atoms with Gasteiger partial charge in [-0.2, -0.15) is 0 Å². The quantitative estimate of drug-likeness (QED) is 0.0343. The summed E-state index contributed by atoms with van der Waals surface area (Å²) in [7, 11) is 0. The van der Waals surface area contributed by atoms with E-state index in [0.29, 0.717) is 19.3 Å². The summed E-state index contributed by atoms with van der Waals surface area (Å²) in [5.74, 6) is -0.834. The Morgan fingerprint density at radius 1 is 0.193 bits per heavy atom. The molecule has 0 N–H and O–H groups in total. The van der Waals surface area contributed by atoms with Gasteiger partial charge in [0.25, 0.3) is 0 Å². The lowest BCUT2D eigenvalue weighted by molar-refractivity contribution is -0.167. The standard InChI is InChI=1S/C77H150O6/c1-4-7-10-13-16-18-20-22-24-26-28-30-32-34-36-38-39-40-42-43-45-47-49-51-53-55-57-59-61-64-67-70-76(79)82-73-74(72-81-75(78)69-66-63-15-12-9-6-3)83-77(80)71-68-65-62-60-58-56-54-52-50-48-46-44-41-37-35-33-31-29-27-25-23-21-19-17-14-11-8-5-2/h74H,4-73H2,1-3H3. The molecule has 83 heavy (non-hydrogen) atoms. The van der Waals surface area contributed by atoms with Crippen LogP contribution in [0.4, 0.5) is 0 Å². The van der Waals surface area contributed by atoms with Crippen molar-refractivity contribution < 1.29 is 28.6 Å². The summed E-state index contributed by atoms with van der Waals surface area (Å²) < 4.78 is 16.9. The van der Waals surface area contributed by atoms with E-state index in [9.17, 15) is 14.4 Å². The highest BCUT2D eigenvalue weighted by Gasteiger charge is 2.20. The van der Waals surface area contributed by atoms with Gasteiger partial charge in [-0.1, -0.05) is 419 Å². The fraction of sp³-hybridized carbons (Fsp3) is 0.961. The summed E-state index contributed by atoms with van der Waals surface area (Å²) in [5, 5.41) is 0.